The van der Waals surface area contributed by atoms with Gasteiger partial charge in [-0.05, 0) is 35.0 Å². The molecule has 1 amide bonds. The van der Waals surface area contributed by atoms with Crippen LogP contribution in [0.25, 0.3) is 5.69 Å². The highest BCUT2D eigenvalue weighted by molar-refractivity contribution is 5.92. The summed E-state index contributed by atoms with van der Waals surface area (Å²) in [4.78, 5) is 11.8. The van der Waals surface area contributed by atoms with E-state index in [-0.39, 0.29) is 11.8 Å². The van der Waals surface area contributed by atoms with E-state index in [9.17, 15) is 4.79 Å². The third-order valence-electron chi connectivity index (χ3n) is 2.87. The van der Waals surface area contributed by atoms with Gasteiger partial charge in [-0.1, -0.05) is 13.0 Å². The van der Waals surface area contributed by atoms with Crippen molar-refractivity contribution in [1.82, 2.24) is 20.2 Å². The van der Waals surface area contributed by atoms with Crippen LogP contribution < -0.4 is 11.1 Å². The summed E-state index contributed by atoms with van der Waals surface area (Å²) in [5, 5.41) is 13.9. The Balaban J connectivity index is 2.24. The van der Waals surface area contributed by atoms with Crippen LogP contribution in [0.2, 0.25) is 0 Å². The molecular weight excluding hydrogens is 244 g/mol. The van der Waals surface area contributed by atoms with E-state index >= 15 is 0 Å². The maximum absolute atomic E-state index is 11.8. The van der Waals surface area contributed by atoms with Crippen LogP contribution >= 0.6 is 0 Å². The molecule has 1 aromatic heterocycles. The van der Waals surface area contributed by atoms with E-state index in [4.69, 9.17) is 5.73 Å². The molecule has 0 aliphatic carbocycles. The highest BCUT2D eigenvalue weighted by Crippen LogP contribution is 2.18. The molecule has 0 radical (unpaired) electrons. The largest absolute Gasteiger partial charge is 0.330 e. The van der Waals surface area contributed by atoms with Gasteiger partial charge < -0.3 is 11.1 Å². The number of aromatic nitrogens is 4. The number of anilines is 1. The number of rotatable bonds is 4. The minimum absolute atomic E-state index is 0.103. The standard InChI is InChI=1S/C12H16N6O/c1-8-3-4-10(15-12(19)9(2)6-13)5-11(8)18-7-14-16-17-18/h3-5,7,9H,6,13H2,1-2H3,(H,15,19). The molecule has 1 unspecified atom stereocenters. The van der Waals surface area contributed by atoms with Crippen LogP contribution in [0, 0.1) is 12.8 Å². The van der Waals surface area contributed by atoms with Crippen molar-refractivity contribution in [3.63, 3.8) is 0 Å². The average Bonchev–Trinajstić information content (AvgIpc) is 2.93. The van der Waals surface area contributed by atoms with Crippen molar-refractivity contribution in [3.05, 3.63) is 30.1 Å². The highest BCUT2D eigenvalue weighted by atomic mass is 16.1. The van der Waals surface area contributed by atoms with Crippen molar-refractivity contribution < 1.29 is 4.79 Å². The summed E-state index contributed by atoms with van der Waals surface area (Å²) >= 11 is 0. The molecule has 2 aromatic rings. The van der Waals surface area contributed by atoms with Crippen molar-refractivity contribution in [2.75, 3.05) is 11.9 Å². The molecule has 3 N–H and O–H groups in total. The fraction of sp³-hybridized carbons (Fsp3) is 0.333. The van der Waals surface area contributed by atoms with Crippen molar-refractivity contribution in [2.45, 2.75) is 13.8 Å². The molecule has 19 heavy (non-hydrogen) atoms. The highest BCUT2D eigenvalue weighted by Gasteiger charge is 2.12. The summed E-state index contributed by atoms with van der Waals surface area (Å²) in [6, 6.07) is 5.57. The number of carbonyl (C=O) groups excluding carboxylic acids is 1. The van der Waals surface area contributed by atoms with Gasteiger partial charge in [0.15, 0.2) is 0 Å². The zero-order valence-corrected chi connectivity index (χ0v) is 10.9. The first-order chi connectivity index (χ1) is 9.11. The molecule has 2 rings (SSSR count). The van der Waals surface area contributed by atoms with Gasteiger partial charge in [0.1, 0.15) is 6.33 Å². The molecule has 0 bridgehead atoms. The summed E-state index contributed by atoms with van der Waals surface area (Å²) in [6.45, 7) is 4.05. The van der Waals surface area contributed by atoms with Crippen molar-refractivity contribution in [1.29, 1.82) is 0 Å². The van der Waals surface area contributed by atoms with Crippen LogP contribution in [0.3, 0.4) is 0 Å². The number of carbonyl (C=O) groups is 1. The molecule has 0 saturated carbocycles. The summed E-state index contributed by atoms with van der Waals surface area (Å²) in [7, 11) is 0. The Bertz CT molecular complexity index is 566. The minimum atomic E-state index is -0.224. The molecule has 100 valence electrons. The van der Waals surface area contributed by atoms with E-state index in [1.165, 1.54) is 6.33 Å². The summed E-state index contributed by atoms with van der Waals surface area (Å²) in [5.41, 5.74) is 8.00. The maximum atomic E-state index is 11.8. The zero-order chi connectivity index (χ0) is 13.8. The number of hydrogen-bond acceptors (Lipinski definition) is 5. The molecule has 7 nitrogen and oxygen atoms in total. The van der Waals surface area contributed by atoms with Crippen LogP contribution in [-0.4, -0.2) is 32.7 Å². The first-order valence-corrected chi connectivity index (χ1v) is 5.96. The fourth-order valence-corrected chi connectivity index (χ4v) is 1.58. The van der Waals surface area contributed by atoms with Gasteiger partial charge in [-0.3, -0.25) is 4.79 Å². The van der Waals surface area contributed by atoms with Crippen molar-refractivity contribution in [2.24, 2.45) is 11.7 Å². The lowest BCUT2D eigenvalue weighted by molar-refractivity contribution is -0.119. The van der Waals surface area contributed by atoms with Crippen LogP contribution in [0.4, 0.5) is 5.69 Å². The van der Waals surface area contributed by atoms with E-state index in [1.54, 1.807) is 11.6 Å². The van der Waals surface area contributed by atoms with Gasteiger partial charge in [-0.15, -0.1) is 5.10 Å². The number of nitrogens with two attached hydrogens (primary N) is 1. The Morgan fingerprint density at radius 3 is 2.95 bits per heavy atom. The Kier molecular flexibility index (Phi) is 3.86. The summed E-state index contributed by atoms with van der Waals surface area (Å²) in [5.74, 6) is -0.327. The average molecular weight is 260 g/mol. The number of aryl methyl sites for hydroxylation is 1. The predicted molar refractivity (Wildman–Crippen MR) is 70.7 cm³/mol. The van der Waals surface area contributed by atoms with Gasteiger partial charge in [0.05, 0.1) is 5.69 Å². The van der Waals surface area contributed by atoms with Crippen LogP contribution in [-0.2, 0) is 4.79 Å². The molecule has 0 fully saturated rings. The van der Waals surface area contributed by atoms with Gasteiger partial charge in [-0.25, -0.2) is 4.68 Å². The van der Waals surface area contributed by atoms with Crippen molar-refractivity contribution in [3.8, 4) is 5.69 Å². The van der Waals surface area contributed by atoms with E-state index in [2.05, 4.69) is 20.8 Å². The zero-order valence-electron chi connectivity index (χ0n) is 10.9. The first kappa shape index (κ1) is 13.2. The van der Waals surface area contributed by atoms with Gasteiger partial charge in [0, 0.05) is 18.2 Å². The normalized spacial score (nSPS) is 12.2. The monoisotopic (exact) mass is 260 g/mol. The first-order valence-electron chi connectivity index (χ1n) is 5.96. The molecule has 0 saturated heterocycles. The molecule has 1 heterocycles. The molecule has 7 heteroatoms. The maximum Gasteiger partial charge on any atom is 0.228 e. The number of nitrogens with zero attached hydrogens (tertiary/aromatic N) is 4. The fourth-order valence-electron chi connectivity index (χ4n) is 1.58. The number of benzene rings is 1. The molecule has 0 spiro atoms. The smallest absolute Gasteiger partial charge is 0.228 e. The van der Waals surface area contributed by atoms with E-state index in [0.717, 1.165) is 11.3 Å². The van der Waals surface area contributed by atoms with Gasteiger partial charge >= 0.3 is 0 Å². The van der Waals surface area contributed by atoms with Gasteiger partial charge in [0.2, 0.25) is 5.91 Å². The van der Waals surface area contributed by atoms with Gasteiger partial charge in [-0.2, -0.15) is 0 Å². The third kappa shape index (κ3) is 2.94. The lowest BCUT2D eigenvalue weighted by Crippen LogP contribution is -2.26. The number of hydrogen-bond donors (Lipinski definition) is 2. The Hall–Kier alpha value is -2.28. The van der Waals surface area contributed by atoms with Crippen molar-refractivity contribution >= 4 is 11.6 Å². The molecular formula is C12H16N6O. The second-order valence-corrected chi connectivity index (χ2v) is 4.38. The van der Waals surface area contributed by atoms with E-state index < -0.39 is 0 Å². The SMILES string of the molecule is Cc1ccc(NC(=O)C(C)CN)cc1-n1cnnn1. The van der Waals surface area contributed by atoms with Crippen LogP contribution in [0.1, 0.15) is 12.5 Å². The lowest BCUT2D eigenvalue weighted by atomic mass is 10.1. The number of nitrogens with one attached hydrogen (secondary N) is 1. The second-order valence-electron chi connectivity index (χ2n) is 4.38. The number of amides is 1. The third-order valence-corrected chi connectivity index (χ3v) is 2.87. The Labute approximate surface area is 110 Å². The lowest BCUT2D eigenvalue weighted by Gasteiger charge is -2.12. The quantitative estimate of drug-likeness (QED) is 0.834. The Morgan fingerprint density at radius 1 is 1.53 bits per heavy atom. The van der Waals surface area contributed by atoms with E-state index in [0.29, 0.717) is 12.2 Å². The predicted octanol–water partition coefficient (Wildman–Crippen LogP) is 0.504. The summed E-state index contributed by atoms with van der Waals surface area (Å²) < 4.78 is 1.55. The Morgan fingerprint density at radius 2 is 2.32 bits per heavy atom. The molecule has 0 aliphatic rings. The van der Waals surface area contributed by atoms with Crippen LogP contribution in [0.15, 0.2) is 24.5 Å². The molecule has 0 aliphatic heterocycles. The van der Waals surface area contributed by atoms with E-state index in [1.807, 2.05) is 25.1 Å². The molecule has 1 atom stereocenters. The topological polar surface area (TPSA) is 98.7 Å². The molecule has 1 aromatic carbocycles. The minimum Gasteiger partial charge on any atom is -0.330 e. The van der Waals surface area contributed by atoms with Crippen LogP contribution in [0.5, 0.6) is 0 Å². The summed E-state index contributed by atoms with van der Waals surface area (Å²) in [6.07, 6.45) is 1.51. The number of tetrazole rings is 1. The van der Waals surface area contributed by atoms with Gasteiger partial charge in [0.25, 0.3) is 0 Å². The second kappa shape index (κ2) is 5.57.